The molecule has 0 aromatic carbocycles. The number of nitrogens with one attached hydrogen (secondary N) is 1. The summed E-state index contributed by atoms with van der Waals surface area (Å²) in [6.07, 6.45) is 8.21. The van der Waals surface area contributed by atoms with Crippen molar-refractivity contribution < 1.29 is 9.21 Å². The zero-order chi connectivity index (χ0) is 12.3. The second kappa shape index (κ2) is 5.96. The van der Waals surface area contributed by atoms with Crippen molar-refractivity contribution in [2.45, 2.75) is 37.0 Å². The third-order valence-corrected chi connectivity index (χ3v) is 4.96. The number of thioether (sulfide) groups is 1. The Balaban J connectivity index is 1.86. The molecule has 0 saturated heterocycles. The van der Waals surface area contributed by atoms with Gasteiger partial charge in [0.15, 0.2) is 4.67 Å². The average Bonchev–Trinajstić information content (AvgIpc) is 2.76. The van der Waals surface area contributed by atoms with Gasteiger partial charge < -0.3 is 9.73 Å². The number of carbonyl (C=O) groups excluding carboxylic acids is 1. The van der Waals surface area contributed by atoms with Gasteiger partial charge in [-0.3, -0.25) is 4.79 Å². The van der Waals surface area contributed by atoms with Crippen molar-refractivity contribution >= 4 is 33.6 Å². The first kappa shape index (κ1) is 13.0. The lowest BCUT2D eigenvalue weighted by atomic mass is 9.95. The van der Waals surface area contributed by atoms with Crippen LogP contribution in [0.15, 0.2) is 21.4 Å². The maximum absolute atomic E-state index is 11.9. The normalized spacial score (nSPS) is 24.6. The zero-order valence-electron chi connectivity index (χ0n) is 9.74. The van der Waals surface area contributed by atoms with Gasteiger partial charge in [-0.25, -0.2) is 0 Å². The lowest BCUT2D eigenvalue weighted by molar-refractivity contribution is 0.0926. The highest BCUT2D eigenvalue weighted by Crippen LogP contribution is 2.27. The van der Waals surface area contributed by atoms with Crippen molar-refractivity contribution in [2.24, 2.45) is 0 Å². The van der Waals surface area contributed by atoms with Crippen LogP contribution in [0.1, 0.15) is 36.0 Å². The van der Waals surface area contributed by atoms with Gasteiger partial charge in [0.25, 0.3) is 5.91 Å². The Morgan fingerprint density at radius 1 is 1.47 bits per heavy atom. The molecule has 0 unspecified atom stereocenters. The van der Waals surface area contributed by atoms with Gasteiger partial charge in [-0.15, -0.1) is 0 Å². The molecule has 5 heteroatoms. The Kier molecular flexibility index (Phi) is 4.56. The lowest BCUT2D eigenvalue weighted by Crippen LogP contribution is -2.38. The van der Waals surface area contributed by atoms with Crippen molar-refractivity contribution in [3.05, 3.63) is 22.6 Å². The van der Waals surface area contributed by atoms with Crippen LogP contribution in [0.3, 0.4) is 0 Å². The van der Waals surface area contributed by atoms with E-state index in [-0.39, 0.29) is 5.91 Å². The fraction of sp³-hybridized carbons (Fsp3) is 0.583. The minimum atomic E-state index is -0.0433. The largest absolute Gasteiger partial charge is 0.457 e. The van der Waals surface area contributed by atoms with Gasteiger partial charge in [-0.1, -0.05) is 0 Å². The fourth-order valence-corrected chi connectivity index (χ4v) is 3.33. The molecule has 17 heavy (non-hydrogen) atoms. The highest BCUT2D eigenvalue weighted by atomic mass is 79.9. The van der Waals surface area contributed by atoms with Crippen molar-refractivity contribution in [3.8, 4) is 0 Å². The topological polar surface area (TPSA) is 42.2 Å². The number of halogens is 1. The second-order valence-corrected chi connectivity index (χ2v) is 6.15. The Bertz CT molecular complexity index is 386. The molecule has 1 aliphatic rings. The smallest absolute Gasteiger partial charge is 0.255 e. The van der Waals surface area contributed by atoms with Crippen LogP contribution in [0.5, 0.6) is 0 Å². The highest BCUT2D eigenvalue weighted by Gasteiger charge is 2.23. The summed E-state index contributed by atoms with van der Waals surface area (Å²) in [5, 5.41) is 3.84. The van der Waals surface area contributed by atoms with Crippen molar-refractivity contribution in [3.63, 3.8) is 0 Å². The maximum Gasteiger partial charge on any atom is 0.255 e. The third kappa shape index (κ3) is 3.28. The van der Waals surface area contributed by atoms with Gasteiger partial charge in [-0.2, -0.15) is 11.8 Å². The molecule has 3 nitrogen and oxygen atoms in total. The summed E-state index contributed by atoms with van der Waals surface area (Å²) in [7, 11) is 0. The van der Waals surface area contributed by atoms with Crippen LogP contribution in [0.4, 0.5) is 0 Å². The van der Waals surface area contributed by atoms with Crippen LogP contribution in [0, 0.1) is 0 Å². The molecule has 0 aliphatic heterocycles. The SMILES string of the molecule is CSC1CCC(NC(=O)c2ccoc2Br)CC1. The number of carbonyl (C=O) groups is 1. The van der Waals surface area contributed by atoms with Crippen molar-refractivity contribution in [1.29, 1.82) is 0 Å². The molecule has 0 spiro atoms. The molecule has 1 amide bonds. The van der Waals surface area contributed by atoms with Crippen LogP contribution >= 0.6 is 27.7 Å². The van der Waals surface area contributed by atoms with Crippen LogP contribution < -0.4 is 5.32 Å². The monoisotopic (exact) mass is 317 g/mol. The number of hydrogen-bond donors (Lipinski definition) is 1. The van der Waals surface area contributed by atoms with Crippen molar-refractivity contribution in [1.82, 2.24) is 5.32 Å². The van der Waals surface area contributed by atoms with Gasteiger partial charge in [0.05, 0.1) is 11.8 Å². The van der Waals surface area contributed by atoms with E-state index in [1.54, 1.807) is 6.07 Å². The Hall–Kier alpha value is -0.420. The lowest BCUT2D eigenvalue weighted by Gasteiger charge is -2.27. The Morgan fingerprint density at radius 3 is 2.71 bits per heavy atom. The predicted octanol–water partition coefficient (Wildman–Crippen LogP) is 3.45. The first-order chi connectivity index (χ1) is 8.20. The summed E-state index contributed by atoms with van der Waals surface area (Å²) in [6, 6.07) is 2.00. The predicted molar refractivity (Wildman–Crippen MR) is 73.4 cm³/mol. The standard InChI is InChI=1S/C12H16BrNO2S/c1-17-9-4-2-8(3-5-9)14-12(15)10-6-7-16-11(10)13/h6-9H,2-5H2,1H3,(H,14,15). The van der Waals surface area contributed by atoms with Gasteiger partial charge in [0, 0.05) is 11.3 Å². The van der Waals surface area contributed by atoms with Gasteiger partial charge in [0.2, 0.25) is 0 Å². The average molecular weight is 318 g/mol. The molecule has 2 rings (SSSR count). The summed E-state index contributed by atoms with van der Waals surface area (Å²) in [5.41, 5.74) is 0.581. The van der Waals surface area contributed by atoms with Crippen LogP contribution in [-0.2, 0) is 0 Å². The first-order valence-electron chi connectivity index (χ1n) is 5.77. The molecule has 1 fully saturated rings. The van der Waals surface area contributed by atoms with E-state index in [1.165, 1.54) is 19.1 Å². The van der Waals surface area contributed by atoms with Gasteiger partial charge in [0.1, 0.15) is 0 Å². The van der Waals surface area contributed by atoms with E-state index in [0.717, 1.165) is 18.1 Å². The number of rotatable bonds is 3. The summed E-state index contributed by atoms with van der Waals surface area (Å²) < 4.78 is 5.57. The molecular formula is C12H16BrNO2S. The van der Waals surface area contributed by atoms with Crippen molar-refractivity contribution in [2.75, 3.05) is 6.26 Å². The minimum absolute atomic E-state index is 0.0433. The summed E-state index contributed by atoms with van der Waals surface area (Å²) in [4.78, 5) is 11.9. The minimum Gasteiger partial charge on any atom is -0.457 e. The molecule has 1 heterocycles. The summed E-state index contributed by atoms with van der Waals surface area (Å²) in [6.45, 7) is 0. The first-order valence-corrected chi connectivity index (χ1v) is 7.85. The van der Waals surface area contributed by atoms with E-state index >= 15 is 0 Å². The third-order valence-electron chi connectivity index (χ3n) is 3.21. The Morgan fingerprint density at radius 2 is 2.18 bits per heavy atom. The fourth-order valence-electron chi connectivity index (χ4n) is 2.16. The molecule has 1 N–H and O–H groups in total. The summed E-state index contributed by atoms with van der Waals surface area (Å²) in [5.74, 6) is -0.0433. The van der Waals surface area contributed by atoms with Crippen LogP contribution in [0.25, 0.3) is 0 Å². The molecule has 1 aromatic rings. The van der Waals surface area contributed by atoms with E-state index in [2.05, 4.69) is 27.5 Å². The number of furan rings is 1. The van der Waals surface area contributed by atoms with E-state index in [0.29, 0.717) is 16.3 Å². The second-order valence-electron chi connectivity index (χ2n) is 4.29. The molecular weight excluding hydrogens is 302 g/mol. The van der Waals surface area contributed by atoms with Crippen LogP contribution in [0.2, 0.25) is 0 Å². The van der Waals surface area contributed by atoms with Crippen LogP contribution in [-0.4, -0.2) is 23.5 Å². The molecule has 0 atom stereocenters. The Labute approximate surface area is 114 Å². The molecule has 1 aliphatic carbocycles. The van der Waals surface area contributed by atoms with E-state index in [9.17, 15) is 4.79 Å². The molecule has 94 valence electrons. The van der Waals surface area contributed by atoms with E-state index < -0.39 is 0 Å². The van der Waals surface area contributed by atoms with Gasteiger partial charge in [-0.05, 0) is 53.9 Å². The molecule has 1 aromatic heterocycles. The zero-order valence-corrected chi connectivity index (χ0v) is 12.1. The quantitative estimate of drug-likeness (QED) is 0.928. The van der Waals surface area contributed by atoms with E-state index in [1.807, 2.05) is 11.8 Å². The number of hydrogen-bond acceptors (Lipinski definition) is 3. The summed E-state index contributed by atoms with van der Waals surface area (Å²) >= 11 is 5.15. The molecule has 0 radical (unpaired) electrons. The van der Waals surface area contributed by atoms with E-state index in [4.69, 9.17) is 4.42 Å². The molecule has 1 saturated carbocycles. The molecule has 0 bridgehead atoms. The highest BCUT2D eigenvalue weighted by molar-refractivity contribution is 9.10. The number of amides is 1. The maximum atomic E-state index is 11.9. The van der Waals surface area contributed by atoms with Gasteiger partial charge >= 0.3 is 0 Å².